The Hall–Kier alpha value is -2.99. The standard InChI is InChI=1S/C23H23NO4S/c1-27-22-12-6-10-18-20(19-9-3-4-11-23(19)28-15-21(18)22)14-16-7-5-8-17(13-16)24-29(2,25)26/h3-13,20,24H,14-15H2,1-2H3. The quantitative estimate of drug-likeness (QED) is 0.681. The Labute approximate surface area is 171 Å². The van der Waals surface area contributed by atoms with Gasteiger partial charge >= 0.3 is 0 Å². The molecule has 1 heterocycles. The van der Waals surface area contributed by atoms with E-state index in [9.17, 15) is 8.42 Å². The first-order valence-electron chi connectivity index (χ1n) is 9.39. The molecule has 3 aromatic rings. The first kappa shape index (κ1) is 19.3. The van der Waals surface area contributed by atoms with E-state index in [1.807, 2.05) is 48.5 Å². The van der Waals surface area contributed by atoms with E-state index < -0.39 is 10.0 Å². The number of para-hydroxylation sites is 1. The zero-order valence-electron chi connectivity index (χ0n) is 16.4. The lowest BCUT2D eigenvalue weighted by atomic mass is 9.83. The van der Waals surface area contributed by atoms with Crippen molar-refractivity contribution in [3.8, 4) is 11.5 Å². The lowest BCUT2D eigenvalue weighted by Crippen LogP contribution is -2.10. The molecule has 0 radical (unpaired) electrons. The molecule has 1 atom stereocenters. The summed E-state index contributed by atoms with van der Waals surface area (Å²) in [6, 6.07) is 21.7. The van der Waals surface area contributed by atoms with Gasteiger partial charge in [-0.15, -0.1) is 0 Å². The molecule has 0 aromatic heterocycles. The smallest absolute Gasteiger partial charge is 0.229 e. The van der Waals surface area contributed by atoms with Crippen LogP contribution >= 0.6 is 0 Å². The molecule has 0 spiro atoms. The third kappa shape index (κ3) is 4.22. The van der Waals surface area contributed by atoms with Crippen molar-refractivity contribution in [1.82, 2.24) is 0 Å². The predicted octanol–water partition coefficient (Wildman–Crippen LogP) is 4.33. The molecule has 3 aromatic carbocycles. The Morgan fingerprint density at radius 1 is 1.03 bits per heavy atom. The molecule has 1 aliphatic heterocycles. The van der Waals surface area contributed by atoms with Crippen molar-refractivity contribution in [2.75, 3.05) is 18.1 Å². The van der Waals surface area contributed by atoms with Crippen molar-refractivity contribution < 1.29 is 17.9 Å². The summed E-state index contributed by atoms with van der Waals surface area (Å²) in [4.78, 5) is 0. The van der Waals surface area contributed by atoms with Crippen LogP contribution in [0.25, 0.3) is 0 Å². The van der Waals surface area contributed by atoms with Gasteiger partial charge in [-0.05, 0) is 41.8 Å². The zero-order chi connectivity index (χ0) is 20.4. The maximum Gasteiger partial charge on any atom is 0.229 e. The van der Waals surface area contributed by atoms with E-state index in [4.69, 9.17) is 9.47 Å². The highest BCUT2D eigenvalue weighted by Crippen LogP contribution is 2.41. The van der Waals surface area contributed by atoms with Crippen LogP contribution in [0.15, 0.2) is 66.7 Å². The number of rotatable bonds is 5. The molecule has 0 aliphatic carbocycles. The predicted molar refractivity (Wildman–Crippen MR) is 114 cm³/mol. The number of sulfonamides is 1. The average molecular weight is 410 g/mol. The second-order valence-corrected chi connectivity index (χ2v) is 8.93. The van der Waals surface area contributed by atoms with Gasteiger partial charge in [0.05, 0.1) is 13.4 Å². The highest BCUT2D eigenvalue weighted by molar-refractivity contribution is 7.92. The van der Waals surface area contributed by atoms with Crippen LogP contribution in [0.1, 0.15) is 28.2 Å². The monoisotopic (exact) mass is 409 g/mol. The van der Waals surface area contributed by atoms with Gasteiger partial charge in [-0.3, -0.25) is 4.72 Å². The molecule has 0 amide bonds. The van der Waals surface area contributed by atoms with Crippen LogP contribution in [0.3, 0.4) is 0 Å². The number of hydrogen-bond acceptors (Lipinski definition) is 4. The fraction of sp³-hybridized carbons (Fsp3) is 0.217. The molecule has 1 aliphatic rings. The molecule has 1 unspecified atom stereocenters. The van der Waals surface area contributed by atoms with Crippen LogP contribution in [0.4, 0.5) is 5.69 Å². The minimum Gasteiger partial charge on any atom is -0.496 e. The van der Waals surface area contributed by atoms with E-state index in [2.05, 4.69) is 16.9 Å². The second-order valence-electron chi connectivity index (χ2n) is 7.19. The zero-order valence-corrected chi connectivity index (χ0v) is 17.2. The molecule has 1 N–H and O–H groups in total. The summed E-state index contributed by atoms with van der Waals surface area (Å²) in [5, 5.41) is 0. The van der Waals surface area contributed by atoms with Gasteiger partial charge in [0.1, 0.15) is 18.1 Å². The van der Waals surface area contributed by atoms with E-state index in [-0.39, 0.29) is 5.92 Å². The molecule has 150 valence electrons. The highest BCUT2D eigenvalue weighted by atomic mass is 32.2. The summed E-state index contributed by atoms with van der Waals surface area (Å²) < 4.78 is 37.4. The van der Waals surface area contributed by atoms with Crippen LogP contribution in [-0.2, 0) is 23.1 Å². The van der Waals surface area contributed by atoms with Crippen LogP contribution in [0.2, 0.25) is 0 Å². The SMILES string of the molecule is COc1cccc2c1COc1ccccc1C2Cc1cccc(NS(C)(=O)=O)c1. The van der Waals surface area contributed by atoms with E-state index in [1.165, 1.54) is 0 Å². The molecule has 0 bridgehead atoms. The van der Waals surface area contributed by atoms with Gasteiger partial charge in [-0.2, -0.15) is 0 Å². The molecule has 29 heavy (non-hydrogen) atoms. The number of ether oxygens (including phenoxy) is 2. The summed E-state index contributed by atoms with van der Waals surface area (Å²) >= 11 is 0. The Balaban J connectivity index is 1.78. The fourth-order valence-corrected chi connectivity index (χ4v) is 4.46. The molecular weight excluding hydrogens is 386 g/mol. The fourth-order valence-electron chi connectivity index (χ4n) is 3.90. The van der Waals surface area contributed by atoms with Crippen LogP contribution in [0, 0.1) is 0 Å². The van der Waals surface area contributed by atoms with Crippen molar-refractivity contribution in [1.29, 1.82) is 0 Å². The highest BCUT2D eigenvalue weighted by Gasteiger charge is 2.26. The van der Waals surface area contributed by atoms with Crippen LogP contribution < -0.4 is 14.2 Å². The Bertz CT molecular complexity index is 1140. The summed E-state index contributed by atoms with van der Waals surface area (Å²) in [6.07, 6.45) is 1.86. The Morgan fingerprint density at radius 2 is 1.79 bits per heavy atom. The Morgan fingerprint density at radius 3 is 2.59 bits per heavy atom. The lowest BCUT2D eigenvalue weighted by Gasteiger charge is -2.20. The van der Waals surface area contributed by atoms with E-state index in [1.54, 1.807) is 13.2 Å². The first-order valence-corrected chi connectivity index (χ1v) is 11.3. The van der Waals surface area contributed by atoms with Crippen molar-refractivity contribution in [2.45, 2.75) is 18.9 Å². The van der Waals surface area contributed by atoms with Gasteiger partial charge in [-0.25, -0.2) is 8.42 Å². The summed E-state index contributed by atoms with van der Waals surface area (Å²) in [7, 11) is -1.66. The maximum absolute atomic E-state index is 11.6. The van der Waals surface area contributed by atoms with E-state index >= 15 is 0 Å². The van der Waals surface area contributed by atoms with Crippen molar-refractivity contribution in [3.63, 3.8) is 0 Å². The second kappa shape index (κ2) is 7.79. The molecular formula is C23H23NO4S. The average Bonchev–Trinajstić information content (AvgIpc) is 2.84. The number of hydrogen-bond donors (Lipinski definition) is 1. The van der Waals surface area contributed by atoms with Gasteiger partial charge < -0.3 is 9.47 Å². The molecule has 5 nitrogen and oxygen atoms in total. The first-order chi connectivity index (χ1) is 13.9. The van der Waals surface area contributed by atoms with Gasteiger partial charge in [0.2, 0.25) is 10.0 Å². The molecule has 0 saturated heterocycles. The minimum absolute atomic E-state index is 0.0623. The summed E-state index contributed by atoms with van der Waals surface area (Å²) in [5.74, 6) is 1.74. The largest absolute Gasteiger partial charge is 0.496 e. The Kier molecular flexibility index (Phi) is 5.20. The summed E-state index contributed by atoms with van der Waals surface area (Å²) in [6.45, 7) is 0.447. The normalized spacial score (nSPS) is 15.4. The van der Waals surface area contributed by atoms with Crippen LogP contribution in [-0.4, -0.2) is 21.8 Å². The van der Waals surface area contributed by atoms with Gasteiger partial charge in [0.25, 0.3) is 0 Å². The third-order valence-electron chi connectivity index (χ3n) is 5.10. The van der Waals surface area contributed by atoms with Gasteiger partial charge in [-0.1, -0.05) is 42.5 Å². The maximum atomic E-state index is 11.6. The lowest BCUT2D eigenvalue weighted by molar-refractivity contribution is 0.297. The molecule has 4 rings (SSSR count). The number of anilines is 1. The topological polar surface area (TPSA) is 64.6 Å². The van der Waals surface area contributed by atoms with Gasteiger partial charge in [0, 0.05) is 22.7 Å². The van der Waals surface area contributed by atoms with E-state index in [0.29, 0.717) is 18.7 Å². The molecule has 0 saturated carbocycles. The number of nitrogens with one attached hydrogen (secondary N) is 1. The summed E-state index contributed by atoms with van der Waals surface area (Å²) in [5.41, 5.74) is 4.92. The number of benzene rings is 3. The molecule has 6 heteroatoms. The number of fused-ring (bicyclic) bond motifs is 2. The van der Waals surface area contributed by atoms with Gasteiger partial charge in [0.15, 0.2) is 0 Å². The van der Waals surface area contributed by atoms with Crippen molar-refractivity contribution in [3.05, 3.63) is 89.0 Å². The molecule has 0 fully saturated rings. The van der Waals surface area contributed by atoms with Crippen molar-refractivity contribution in [2.24, 2.45) is 0 Å². The number of methoxy groups -OCH3 is 1. The third-order valence-corrected chi connectivity index (χ3v) is 5.71. The van der Waals surface area contributed by atoms with E-state index in [0.717, 1.165) is 40.0 Å². The van der Waals surface area contributed by atoms with Crippen LogP contribution in [0.5, 0.6) is 11.5 Å². The van der Waals surface area contributed by atoms with Crippen molar-refractivity contribution >= 4 is 15.7 Å². The minimum atomic E-state index is -3.33.